The summed E-state index contributed by atoms with van der Waals surface area (Å²) in [5, 5.41) is 0. The second-order valence-electron chi connectivity index (χ2n) is 4.40. The van der Waals surface area contributed by atoms with E-state index in [1.807, 2.05) is 10.6 Å². The molecule has 0 bridgehead atoms. The topological polar surface area (TPSA) is 46.1 Å². The van der Waals surface area contributed by atoms with Gasteiger partial charge in [-0.3, -0.25) is 0 Å². The van der Waals surface area contributed by atoms with Gasteiger partial charge in [-0.15, -0.1) is 0 Å². The molecule has 2 aromatic rings. The first kappa shape index (κ1) is 14.6. The molecule has 0 saturated carbocycles. The Morgan fingerprint density at radius 1 is 1.53 bits per heavy atom. The van der Waals surface area contributed by atoms with Crippen molar-refractivity contribution in [3.8, 4) is 0 Å². The normalized spacial score (nSPS) is 11.6. The standard InChI is InChI=1S/C12H17BrN4OS/c1-16(5-6-18-2)3-4-17-11-10(15-12(17)19)7-9(13)8-14-11/h7-8H,3-6H2,1-2H3,(H,15,19). The molecule has 0 radical (unpaired) electrons. The van der Waals surface area contributed by atoms with Crippen molar-refractivity contribution in [2.24, 2.45) is 0 Å². The lowest BCUT2D eigenvalue weighted by molar-refractivity contribution is 0.159. The largest absolute Gasteiger partial charge is 0.383 e. The van der Waals surface area contributed by atoms with Crippen molar-refractivity contribution < 1.29 is 4.74 Å². The number of nitrogens with zero attached hydrogens (tertiary/aromatic N) is 3. The third-order valence-corrected chi connectivity index (χ3v) is 3.71. The number of fused-ring (bicyclic) bond motifs is 1. The first-order valence-electron chi connectivity index (χ1n) is 6.03. The summed E-state index contributed by atoms with van der Waals surface area (Å²) in [6.45, 7) is 3.36. The van der Waals surface area contributed by atoms with Gasteiger partial charge in [-0.25, -0.2) is 4.98 Å². The first-order valence-corrected chi connectivity index (χ1v) is 7.23. The van der Waals surface area contributed by atoms with Gasteiger partial charge in [0.05, 0.1) is 12.1 Å². The van der Waals surface area contributed by atoms with Crippen LogP contribution in [0.25, 0.3) is 11.2 Å². The maximum absolute atomic E-state index is 5.34. The molecule has 0 spiro atoms. The molecule has 0 atom stereocenters. The molecule has 104 valence electrons. The molecule has 5 nitrogen and oxygen atoms in total. The Morgan fingerprint density at radius 2 is 2.32 bits per heavy atom. The summed E-state index contributed by atoms with van der Waals surface area (Å²) < 4.78 is 8.75. The molecular formula is C12H17BrN4OS. The summed E-state index contributed by atoms with van der Waals surface area (Å²) in [5.74, 6) is 0. The number of hydrogen-bond acceptors (Lipinski definition) is 4. The Bertz CT molecular complexity index is 609. The van der Waals surface area contributed by atoms with E-state index in [1.54, 1.807) is 13.3 Å². The van der Waals surface area contributed by atoms with Crippen LogP contribution in [0.15, 0.2) is 16.7 Å². The van der Waals surface area contributed by atoms with E-state index in [-0.39, 0.29) is 0 Å². The van der Waals surface area contributed by atoms with Gasteiger partial charge in [0.15, 0.2) is 10.4 Å². The van der Waals surface area contributed by atoms with E-state index in [2.05, 4.69) is 37.8 Å². The second-order valence-corrected chi connectivity index (χ2v) is 5.70. The van der Waals surface area contributed by atoms with Gasteiger partial charge < -0.3 is 19.2 Å². The molecule has 0 amide bonds. The predicted octanol–water partition coefficient (Wildman–Crippen LogP) is 2.43. The highest BCUT2D eigenvalue weighted by Crippen LogP contribution is 2.16. The Hall–Kier alpha value is -0.760. The average molecular weight is 345 g/mol. The van der Waals surface area contributed by atoms with E-state index in [4.69, 9.17) is 17.0 Å². The summed E-state index contributed by atoms with van der Waals surface area (Å²) in [6, 6.07) is 1.99. The number of pyridine rings is 1. The number of halogens is 1. The number of ether oxygens (including phenoxy) is 1. The van der Waals surface area contributed by atoms with Crippen LogP contribution in [-0.4, -0.2) is 53.3 Å². The lowest BCUT2D eigenvalue weighted by atomic mass is 10.4. The van der Waals surface area contributed by atoms with Crippen molar-refractivity contribution in [3.63, 3.8) is 0 Å². The van der Waals surface area contributed by atoms with Gasteiger partial charge in [-0.2, -0.15) is 0 Å². The van der Waals surface area contributed by atoms with Crippen LogP contribution in [0.2, 0.25) is 0 Å². The van der Waals surface area contributed by atoms with Gasteiger partial charge in [-0.05, 0) is 41.3 Å². The van der Waals surface area contributed by atoms with Crippen molar-refractivity contribution in [3.05, 3.63) is 21.5 Å². The van der Waals surface area contributed by atoms with Crippen LogP contribution in [0.5, 0.6) is 0 Å². The Balaban J connectivity index is 2.12. The molecule has 0 aliphatic rings. The highest BCUT2D eigenvalue weighted by atomic mass is 79.9. The van der Waals surface area contributed by atoms with Crippen molar-refractivity contribution >= 4 is 39.3 Å². The minimum atomic E-state index is 0.709. The van der Waals surface area contributed by atoms with Crippen molar-refractivity contribution in [2.45, 2.75) is 6.54 Å². The van der Waals surface area contributed by atoms with Gasteiger partial charge in [0, 0.05) is 37.4 Å². The smallest absolute Gasteiger partial charge is 0.179 e. The van der Waals surface area contributed by atoms with Crippen molar-refractivity contribution in [2.75, 3.05) is 33.9 Å². The minimum Gasteiger partial charge on any atom is -0.383 e. The molecule has 0 saturated heterocycles. The Morgan fingerprint density at radius 3 is 3.05 bits per heavy atom. The number of nitrogens with one attached hydrogen (secondary N) is 1. The molecular weight excluding hydrogens is 328 g/mol. The summed E-state index contributed by atoms with van der Waals surface area (Å²) in [5.41, 5.74) is 1.85. The molecule has 1 N–H and O–H groups in total. The first-order chi connectivity index (χ1) is 9.11. The molecule has 7 heteroatoms. The summed E-state index contributed by atoms with van der Waals surface area (Å²) in [6.07, 6.45) is 1.79. The fourth-order valence-electron chi connectivity index (χ4n) is 1.86. The highest BCUT2D eigenvalue weighted by Gasteiger charge is 2.07. The number of likely N-dealkylation sites (N-methyl/N-ethyl adjacent to an activating group) is 1. The lowest BCUT2D eigenvalue weighted by Gasteiger charge is -2.16. The van der Waals surface area contributed by atoms with E-state index in [0.29, 0.717) is 4.77 Å². The quantitative estimate of drug-likeness (QED) is 0.817. The monoisotopic (exact) mass is 344 g/mol. The lowest BCUT2D eigenvalue weighted by Crippen LogP contribution is -2.26. The van der Waals surface area contributed by atoms with Crippen LogP contribution >= 0.6 is 28.1 Å². The summed E-state index contributed by atoms with van der Waals surface area (Å²) in [7, 11) is 3.78. The van der Waals surface area contributed by atoms with Crippen molar-refractivity contribution in [1.29, 1.82) is 0 Å². The molecule has 19 heavy (non-hydrogen) atoms. The molecule has 2 aromatic heterocycles. The maximum Gasteiger partial charge on any atom is 0.179 e. The van der Waals surface area contributed by atoms with Gasteiger partial charge >= 0.3 is 0 Å². The van der Waals surface area contributed by atoms with Gasteiger partial charge in [0.2, 0.25) is 0 Å². The third kappa shape index (κ3) is 3.62. The van der Waals surface area contributed by atoms with Crippen LogP contribution in [0, 0.1) is 4.77 Å². The van der Waals surface area contributed by atoms with Crippen LogP contribution in [-0.2, 0) is 11.3 Å². The molecule has 0 aliphatic carbocycles. The van der Waals surface area contributed by atoms with E-state index in [1.165, 1.54) is 0 Å². The average Bonchev–Trinajstić information content (AvgIpc) is 2.68. The van der Waals surface area contributed by atoms with Crippen LogP contribution < -0.4 is 0 Å². The molecule has 0 aromatic carbocycles. The van der Waals surface area contributed by atoms with E-state index in [0.717, 1.165) is 41.9 Å². The van der Waals surface area contributed by atoms with Gasteiger partial charge in [-0.1, -0.05) is 0 Å². The zero-order valence-corrected chi connectivity index (χ0v) is 13.4. The zero-order valence-electron chi connectivity index (χ0n) is 11.0. The fourth-order valence-corrected chi connectivity index (χ4v) is 2.47. The Labute approximate surface area is 125 Å². The van der Waals surface area contributed by atoms with Crippen LogP contribution in [0.4, 0.5) is 0 Å². The van der Waals surface area contributed by atoms with Crippen molar-refractivity contribution in [1.82, 2.24) is 19.4 Å². The number of aromatic amines is 1. The van der Waals surface area contributed by atoms with Crippen LogP contribution in [0.3, 0.4) is 0 Å². The number of methoxy groups -OCH3 is 1. The summed E-state index contributed by atoms with van der Waals surface area (Å²) in [4.78, 5) is 9.80. The molecule has 0 fully saturated rings. The molecule has 0 aliphatic heterocycles. The van der Waals surface area contributed by atoms with Gasteiger partial charge in [0.1, 0.15) is 0 Å². The number of hydrogen-bond donors (Lipinski definition) is 1. The fraction of sp³-hybridized carbons (Fsp3) is 0.500. The minimum absolute atomic E-state index is 0.709. The molecule has 2 heterocycles. The number of aromatic nitrogens is 3. The van der Waals surface area contributed by atoms with E-state index >= 15 is 0 Å². The predicted molar refractivity (Wildman–Crippen MR) is 82.0 cm³/mol. The van der Waals surface area contributed by atoms with E-state index < -0.39 is 0 Å². The Kier molecular flexibility index (Phi) is 5.09. The second kappa shape index (κ2) is 6.60. The van der Waals surface area contributed by atoms with Gasteiger partial charge in [0.25, 0.3) is 0 Å². The molecule has 0 unspecified atom stereocenters. The van der Waals surface area contributed by atoms with E-state index in [9.17, 15) is 0 Å². The van der Waals surface area contributed by atoms with Crippen LogP contribution in [0.1, 0.15) is 0 Å². The number of imidazole rings is 1. The third-order valence-electron chi connectivity index (χ3n) is 2.96. The molecule has 2 rings (SSSR count). The highest BCUT2D eigenvalue weighted by molar-refractivity contribution is 9.10. The summed E-state index contributed by atoms with van der Waals surface area (Å²) >= 11 is 8.75. The SMILES string of the molecule is COCCN(C)CCn1c(=S)[nH]c2cc(Br)cnc21. The maximum atomic E-state index is 5.34. The number of rotatable bonds is 6. The number of H-pyrrole nitrogens is 1. The zero-order chi connectivity index (χ0) is 13.8.